The van der Waals surface area contributed by atoms with E-state index in [-0.39, 0.29) is 22.5 Å². The maximum absolute atomic E-state index is 12.8. The molecule has 0 aromatic heterocycles. The first-order chi connectivity index (χ1) is 16.3. The van der Waals surface area contributed by atoms with Crippen LogP contribution in [0.5, 0.6) is 11.5 Å². The number of rotatable bonds is 8. The van der Waals surface area contributed by atoms with Gasteiger partial charge in [-0.2, -0.15) is 0 Å². The van der Waals surface area contributed by atoms with Crippen LogP contribution < -0.4 is 4.74 Å². The Hall–Kier alpha value is -4.34. The summed E-state index contributed by atoms with van der Waals surface area (Å²) in [4.78, 5) is 37.9. The lowest BCUT2D eigenvalue weighted by atomic mass is 9.83. The number of benzene rings is 2. The fraction of sp³-hybridized carbons (Fsp3) is 0.250. The third kappa shape index (κ3) is 5.01. The van der Waals surface area contributed by atoms with Crippen molar-refractivity contribution in [2.45, 2.75) is 12.3 Å². The number of hydrogen-bond donors (Lipinski definition) is 1. The Balaban J connectivity index is 2.12. The lowest BCUT2D eigenvalue weighted by molar-refractivity contribution is -0.386. The average Bonchev–Trinajstić information content (AvgIpc) is 2.86. The Labute approximate surface area is 195 Å². The number of carbonyl (C=O) groups excluding carboxylic acids is 2. The van der Waals surface area contributed by atoms with Gasteiger partial charge < -0.3 is 24.2 Å². The van der Waals surface area contributed by atoms with Gasteiger partial charge in [0.05, 0.1) is 43.3 Å². The molecule has 178 valence electrons. The number of phenolic OH excluding ortho intramolecular Hbond substituents is 1. The zero-order chi connectivity index (χ0) is 24.8. The van der Waals surface area contributed by atoms with E-state index in [1.165, 1.54) is 39.8 Å². The number of carbonyl (C=O) groups is 2. The van der Waals surface area contributed by atoms with Crippen molar-refractivity contribution in [3.63, 3.8) is 0 Å². The van der Waals surface area contributed by atoms with Crippen LogP contribution in [0.1, 0.15) is 17.0 Å². The Morgan fingerprint density at radius 1 is 1.03 bits per heavy atom. The van der Waals surface area contributed by atoms with Gasteiger partial charge in [-0.3, -0.25) is 10.1 Å². The fourth-order valence-electron chi connectivity index (χ4n) is 3.75. The first-order valence-electron chi connectivity index (χ1n) is 10.3. The molecule has 0 unspecified atom stereocenters. The van der Waals surface area contributed by atoms with Crippen molar-refractivity contribution in [2.75, 3.05) is 27.9 Å². The normalized spacial score (nSPS) is 13.6. The van der Waals surface area contributed by atoms with Crippen molar-refractivity contribution in [1.29, 1.82) is 0 Å². The first-order valence-corrected chi connectivity index (χ1v) is 10.3. The molecule has 10 nitrogen and oxygen atoms in total. The second-order valence-corrected chi connectivity index (χ2v) is 7.41. The van der Waals surface area contributed by atoms with Crippen molar-refractivity contribution in [3.05, 3.63) is 87.3 Å². The molecular weight excluding hydrogens is 444 g/mol. The molecule has 1 aliphatic rings. The Kier molecular flexibility index (Phi) is 7.52. The van der Waals surface area contributed by atoms with Gasteiger partial charge in [-0.25, -0.2) is 9.59 Å². The molecule has 1 aliphatic heterocycles. The van der Waals surface area contributed by atoms with Crippen LogP contribution in [0.15, 0.2) is 66.0 Å². The van der Waals surface area contributed by atoms with Crippen molar-refractivity contribution >= 4 is 17.6 Å². The summed E-state index contributed by atoms with van der Waals surface area (Å²) in [6.45, 7) is 0.441. The molecule has 2 aromatic carbocycles. The first kappa shape index (κ1) is 24.3. The van der Waals surface area contributed by atoms with Crippen LogP contribution in [0.2, 0.25) is 0 Å². The van der Waals surface area contributed by atoms with Crippen molar-refractivity contribution in [3.8, 4) is 11.5 Å². The molecular formula is C24H24N2O8. The van der Waals surface area contributed by atoms with Gasteiger partial charge in [0, 0.05) is 25.0 Å². The van der Waals surface area contributed by atoms with E-state index in [1.807, 2.05) is 30.3 Å². The average molecular weight is 468 g/mol. The van der Waals surface area contributed by atoms with E-state index < -0.39 is 34.2 Å². The summed E-state index contributed by atoms with van der Waals surface area (Å²) in [5.41, 5.74) is 0.747. The summed E-state index contributed by atoms with van der Waals surface area (Å²) in [6, 6.07) is 12.1. The number of aromatic hydroxyl groups is 1. The Morgan fingerprint density at radius 3 is 2.12 bits per heavy atom. The molecule has 34 heavy (non-hydrogen) atoms. The fourth-order valence-corrected chi connectivity index (χ4v) is 3.75. The zero-order valence-corrected chi connectivity index (χ0v) is 18.9. The molecule has 1 N–H and O–H groups in total. The zero-order valence-electron chi connectivity index (χ0n) is 18.9. The Morgan fingerprint density at radius 2 is 1.62 bits per heavy atom. The molecule has 0 bridgehead atoms. The summed E-state index contributed by atoms with van der Waals surface area (Å²) in [5, 5.41) is 21.7. The van der Waals surface area contributed by atoms with Gasteiger partial charge >= 0.3 is 17.6 Å². The van der Waals surface area contributed by atoms with E-state index in [2.05, 4.69) is 0 Å². The summed E-state index contributed by atoms with van der Waals surface area (Å²) in [6.07, 6.45) is 3.70. The van der Waals surface area contributed by atoms with Gasteiger partial charge in [-0.1, -0.05) is 30.3 Å². The molecule has 2 aromatic rings. The minimum Gasteiger partial charge on any atom is -0.500 e. The Bertz CT molecular complexity index is 1120. The van der Waals surface area contributed by atoms with Crippen molar-refractivity contribution in [1.82, 2.24) is 4.90 Å². The standard InChI is InChI=1S/C24H24N2O8/c1-32-20-12-16(11-19(22(20)27)26(30)31)21-17(23(28)33-2)13-25(14-18(21)24(29)34-3)10-9-15-7-5-4-6-8-15/h4-8,11-14,21,27H,9-10H2,1-3H3. The molecule has 3 rings (SSSR count). The van der Waals surface area contributed by atoms with Crippen molar-refractivity contribution in [2.24, 2.45) is 0 Å². The molecule has 0 radical (unpaired) electrons. The van der Waals surface area contributed by atoms with Crippen LogP contribution in [-0.4, -0.2) is 54.7 Å². The van der Waals surface area contributed by atoms with Crippen LogP contribution in [0, 0.1) is 10.1 Å². The number of phenols is 1. The van der Waals surface area contributed by atoms with Crippen LogP contribution in [0.25, 0.3) is 0 Å². The summed E-state index contributed by atoms with van der Waals surface area (Å²) in [7, 11) is 3.64. The lowest BCUT2D eigenvalue weighted by Crippen LogP contribution is -2.29. The molecule has 0 atom stereocenters. The van der Waals surface area contributed by atoms with E-state index in [1.54, 1.807) is 4.90 Å². The highest BCUT2D eigenvalue weighted by atomic mass is 16.6. The number of nitro groups is 1. The predicted octanol–water partition coefficient (Wildman–Crippen LogP) is 3.06. The number of hydrogen-bond acceptors (Lipinski definition) is 9. The van der Waals surface area contributed by atoms with Crippen molar-refractivity contribution < 1.29 is 33.8 Å². The smallest absolute Gasteiger partial charge is 0.336 e. The highest BCUT2D eigenvalue weighted by Crippen LogP contribution is 2.44. The molecule has 10 heteroatoms. The SMILES string of the molecule is COC(=O)C1=CN(CCc2ccccc2)C=C(C(=O)OC)C1c1cc(OC)c(O)c([N+](=O)[O-])c1. The van der Waals surface area contributed by atoms with Crippen LogP contribution in [-0.2, 0) is 25.5 Å². The summed E-state index contributed by atoms with van der Waals surface area (Å²) >= 11 is 0. The van der Waals surface area contributed by atoms with E-state index in [4.69, 9.17) is 14.2 Å². The molecule has 0 fully saturated rings. The van der Waals surface area contributed by atoms with Gasteiger partial charge in [0.1, 0.15) is 0 Å². The van der Waals surface area contributed by atoms with Gasteiger partial charge in [0.2, 0.25) is 5.75 Å². The molecule has 0 amide bonds. The topological polar surface area (TPSA) is 128 Å². The molecule has 0 saturated carbocycles. The van der Waals surface area contributed by atoms with Gasteiger partial charge in [-0.15, -0.1) is 0 Å². The molecule has 0 saturated heterocycles. The minimum atomic E-state index is -1.05. The number of methoxy groups -OCH3 is 3. The molecule has 0 spiro atoms. The van der Waals surface area contributed by atoms with E-state index in [9.17, 15) is 24.8 Å². The maximum atomic E-state index is 12.8. The second kappa shape index (κ2) is 10.5. The molecule has 0 aliphatic carbocycles. The predicted molar refractivity (Wildman–Crippen MR) is 121 cm³/mol. The highest BCUT2D eigenvalue weighted by Gasteiger charge is 2.37. The third-order valence-corrected chi connectivity index (χ3v) is 5.40. The quantitative estimate of drug-likeness (QED) is 0.353. The third-order valence-electron chi connectivity index (χ3n) is 5.40. The minimum absolute atomic E-state index is 0.0699. The van der Waals surface area contributed by atoms with Gasteiger partial charge in [0.25, 0.3) is 0 Å². The highest BCUT2D eigenvalue weighted by molar-refractivity contribution is 5.98. The lowest BCUT2D eigenvalue weighted by Gasteiger charge is -2.30. The van der Waals surface area contributed by atoms with Crippen LogP contribution in [0.3, 0.4) is 0 Å². The summed E-state index contributed by atoms with van der Waals surface area (Å²) < 4.78 is 15.0. The number of nitro benzene ring substituents is 1. The number of nitrogens with zero attached hydrogens (tertiary/aromatic N) is 2. The number of esters is 2. The monoisotopic (exact) mass is 468 g/mol. The van der Waals surface area contributed by atoms with Crippen LogP contribution in [0.4, 0.5) is 5.69 Å². The summed E-state index contributed by atoms with van der Waals surface area (Å²) in [5.74, 6) is -3.34. The molecule has 1 heterocycles. The van der Waals surface area contributed by atoms with E-state index in [0.29, 0.717) is 13.0 Å². The van der Waals surface area contributed by atoms with Gasteiger partial charge in [-0.05, 0) is 23.6 Å². The second-order valence-electron chi connectivity index (χ2n) is 7.41. The maximum Gasteiger partial charge on any atom is 0.336 e. The van der Waals surface area contributed by atoms with E-state index >= 15 is 0 Å². The van der Waals surface area contributed by atoms with E-state index in [0.717, 1.165) is 11.6 Å². The number of ether oxygens (including phenoxy) is 3. The van der Waals surface area contributed by atoms with Crippen LogP contribution >= 0.6 is 0 Å². The van der Waals surface area contributed by atoms with Gasteiger partial charge in [0.15, 0.2) is 5.75 Å². The largest absolute Gasteiger partial charge is 0.500 e.